The van der Waals surface area contributed by atoms with Gasteiger partial charge in [0.1, 0.15) is 12.3 Å². The Labute approximate surface area is 253 Å². The minimum Gasteiger partial charge on any atom is -0.475 e. The summed E-state index contributed by atoms with van der Waals surface area (Å²) in [5, 5.41) is 13.9. The predicted octanol–water partition coefficient (Wildman–Crippen LogP) is 3.49. The van der Waals surface area contributed by atoms with Gasteiger partial charge in [0.2, 0.25) is 11.8 Å². The van der Waals surface area contributed by atoms with Gasteiger partial charge in [-0.15, -0.1) is 0 Å². The number of hydrogen-bond donors (Lipinski definition) is 2. The molecule has 44 heavy (non-hydrogen) atoms. The summed E-state index contributed by atoms with van der Waals surface area (Å²) in [5.41, 5.74) is 2.71. The van der Waals surface area contributed by atoms with Crippen LogP contribution in [0, 0.1) is 5.92 Å². The molecule has 2 aromatic heterocycles. The van der Waals surface area contributed by atoms with Gasteiger partial charge < -0.3 is 24.6 Å². The lowest BCUT2D eigenvalue weighted by Gasteiger charge is -2.30. The molecule has 1 fully saturated rings. The van der Waals surface area contributed by atoms with Crippen molar-refractivity contribution >= 4 is 17.8 Å². The molecule has 3 heterocycles. The minimum absolute atomic E-state index is 0.101. The lowest BCUT2D eigenvalue weighted by molar-refractivity contribution is -0.192. The first-order valence-electron chi connectivity index (χ1n) is 14.0. The van der Waals surface area contributed by atoms with Crippen LogP contribution in [0.1, 0.15) is 36.2 Å². The fourth-order valence-electron chi connectivity index (χ4n) is 4.62. The van der Waals surface area contributed by atoms with E-state index in [-0.39, 0.29) is 17.7 Å². The Hall–Kier alpha value is -4.30. The second-order valence-electron chi connectivity index (χ2n) is 10.3. The summed E-state index contributed by atoms with van der Waals surface area (Å²) in [4.78, 5) is 43.8. The zero-order valence-electron chi connectivity index (χ0n) is 24.3. The Morgan fingerprint density at radius 1 is 1.09 bits per heavy atom. The van der Waals surface area contributed by atoms with Crippen molar-refractivity contribution in [3.63, 3.8) is 0 Å². The summed E-state index contributed by atoms with van der Waals surface area (Å²) in [6.07, 6.45) is 0.843. The Morgan fingerprint density at radius 3 is 2.45 bits per heavy atom. The molecule has 11 nitrogen and oxygen atoms in total. The number of aryl methyl sites for hydroxylation is 1. The highest BCUT2D eigenvalue weighted by Gasteiger charge is 2.38. The van der Waals surface area contributed by atoms with Crippen molar-refractivity contribution < 1.29 is 41.9 Å². The van der Waals surface area contributed by atoms with Crippen LogP contribution in [0.25, 0.3) is 0 Å². The zero-order chi connectivity index (χ0) is 32.0. The number of rotatable bonds is 11. The first-order chi connectivity index (χ1) is 21.0. The van der Waals surface area contributed by atoms with E-state index in [0.717, 1.165) is 11.1 Å². The standard InChI is InChI=1S/C28H35N5O4.C2HF3O2/c1-22-18-32(26(34)11-10-24-17-31-37-21-24)14-15-33(19-22)27(25-9-5-6-12-29-25)28(35)30-13-16-36-20-23-7-3-2-4-8-23;3-2(4,5)1(6)7/h2-9,12,17,21-22,27H,10-11,13-16,18-20H2,1H3,(H,30,35);(H,6,7). The normalized spacial score (nSPS) is 16.3. The van der Waals surface area contributed by atoms with Crippen molar-refractivity contribution in [1.82, 2.24) is 25.3 Å². The maximum atomic E-state index is 13.4. The van der Waals surface area contributed by atoms with Crippen molar-refractivity contribution in [3.05, 3.63) is 84.0 Å². The van der Waals surface area contributed by atoms with Crippen molar-refractivity contribution in [2.75, 3.05) is 39.3 Å². The minimum atomic E-state index is -5.08. The Balaban J connectivity index is 0.000000676. The Morgan fingerprint density at radius 2 is 1.82 bits per heavy atom. The third-order valence-corrected chi connectivity index (χ3v) is 6.68. The number of carboxylic acid groups (broad SMARTS) is 1. The summed E-state index contributed by atoms with van der Waals surface area (Å²) in [6, 6.07) is 15.0. The molecule has 1 saturated heterocycles. The number of benzene rings is 1. The number of carboxylic acids is 1. The number of ether oxygens (including phenoxy) is 1. The first-order valence-corrected chi connectivity index (χ1v) is 14.0. The molecule has 0 spiro atoms. The molecule has 3 aromatic rings. The number of aliphatic carboxylic acids is 1. The maximum absolute atomic E-state index is 13.4. The summed E-state index contributed by atoms with van der Waals surface area (Å²) in [7, 11) is 0. The highest BCUT2D eigenvalue weighted by molar-refractivity contribution is 5.82. The van der Waals surface area contributed by atoms with E-state index in [0.29, 0.717) is 64.5 Å². The quantitative estimate of drug-likeness (QED) is 0.309. The van der Waals surface area contributed by atoms with E-state index < -0.39 is 18.2 Å². The second kappa shape index (κ2) is 17.1. The number of pyridine rings is 1. The number of nitrogens with zero attached hydrogens (tertiary/aromatic N) is 4. The third kappa shape index (κ3) is 11.4. The molecular weight excluding hydrogens is 583 g/mol. The molecule has 238 valence electrons. The van der Waals surface area contributed by atoms with Crippen LogP contribution in [0.5, 0.6) is 0 Å². The number of nitrogens with one attached hydrogen (secondary N) is 1. The number of carbonyl (C=O) groups is 3. The van der Waals surface area contributed by atoms with Crippen molar-refractivity contribution in [1.29, 1.82) is 0 Å². The SMILES string of the molecule is CC1CN(C(=O)CCc2cnoc2)CCN(C(C(=O)NCCOCc2ccccc2)c2ccccn2)C1.O=C(O)C(F)(F)F. The van der Waals surface area contributed by atoms with Crippen LogP contribution in [0.3, 0.4) is 0 Å². The highest BCUT2D eigenvalue weighted by atomic mass is 19.4. The van der Waals surface area contributed by atoms with Gasteiger partial charge in [-0.05, 0) is 30.0 Å². The smallest absolute Gasteiger partial charge is 0.475 e. The average molecular weight is 620 g/mol. The third-order valence-electron chi connectivity index (χ3n) is 6.68. The first kappa shape index (κ1) is 34.2. The number of halogens is 3. The molecule has 2 unspecified atom stereocenters. The van der Waals surface area contributed by atoms with Gasteiger partial charge in [0.05, 0.1) is 25.1 Å². The Bertz CT molecular complexity index is 1300. The van der Waals surface area contributed by atoms with Gasteiger partial charge in [-0.1, -0.05) is 48.5 Å². The lowest BCUT2D eigenvalue weighted by Crippen LogP contribution is -2.44. The van der Waals surface area contributed by atoms with E-state index >= 15 is 0 Å². The van der Waals surface area contributed by atoms with Gasteiger partial charge in [-0.3, -0.25) is 19.5 Å². The van der Waals surface area contributed by atoms with Gasteiger partial charge >= 0.3 is 12.1 Å². The molecule has 1 aromatic carbocycles. The maximum Gasteiger partial charge on any atom is 0.490 e. The van der Waals surface area contributed by atoms with E-state index in [1.54, 1.807) is 18.7 Å². The van der Waals surface area contributed by atoms with Crippen LogP contribution in [-0.2, 0) is 32.1 Å². The van der Waals surface area contributed by atoms with Crippen LogP contribution < -0.4 is 5.32 Å². The highest BCUT2D eigenvalue weighted by Crippen LogP contribution is 2.23. The number of amides is 2. The van der Waals surface area contributed by atoms with Crippen molar-refractivity contribution in [2.45, 2.75) is 38.6 Å². The molecule has 2 atom stereocenters. The molecule has 0 bridgehead atoms. The summed E-state index contributed by atoms with van der Waals surface area (Å²) >= 11 is 0. The van der Waals surface area contributed by atoms with Gasteiger partial charge in [-0.25, -0.2) is 4.79 Å². The van der Waals surface area contributed by atoms with Crippen LogP contribution in [0.4, 0.5) is 13.2 Å². The van der Waals surface area contributed by atoms with Crippen LogP contribution >= 0.6 is 0 Å². The monoisotopic (exact) mass is 619 g/mol. The molecular formula is C30H36F3N5O6. The molecule has 1 aliphatic heterocycles. The van der Waals surface area contributed by atoms with Gasteiger partial charge in [0, 0.05) is 50.9 Å². The molecule has 1 aliphatic rings. The molecule has 14 heteroatoms. The van der Waals surface area contributed by atoms with Gasteiger partial charge in [0.25, 0.3) is 0 Å². The van der Waals surface area contributed by atoms with E-state index in [1.165, 1.54) is 0 Å². The largest absolute Gasteiger partial charge is 0.490 e. The van der Waals surface area contributed by atoms with E-state index in [9.17, 15) is 22.8 Å². The molecule has 0 saturated carbocycles. The van der Waals surface area contributed by atoms with Crippen molar-refractivity contribution in [2.24, 2.45) is 5.92 Å². The lowest BCUT2D eigenvalue weighted by atomic mass is 10.1. The molecule has 2 amide bonds. The average Bonchev–Trinajstić information content (AvgIpc) is 3.45. The number of aromatic nitrogens is 2. The molecule has 4 rings (SSSR count). The fraction of sp³-hybridized carbons (Fsp3) is 0.433. The van der Waals surface area contributed by atoms with Crippen molar-refractivity contribution in [3.8, 4) is 0 Å². The predicted molar refractivity (Wildman–Crippen MR) is 152 cm³/mol. The van der Waals surface area contributed by atoms with Crippen LogP contribution in [0.15, 0.2) is 71.7 Å². The van der Waals surface area contributed by atoms with E-state index in [4.69, 9.17) is 19.2 Å². The molecule has 0 radical (unpaired) electrons. The van der Waals surface area contributed by atoms with E-state index in [2.05, 4.69) is 27.3 Å². The number of hydrogen-bond acceptors (Lipinski definition) is 8. The van der Waals surface area contributed by atoms with Gasteiger partial charge in [-0.2, -0.15) is 13.2 Å². The summed E-state index contributed by atoms with van der Waals surface area (Å²) in [5.74, 6) is -2.56. The topological polar surface area (TPSA) is 138 Å². The fourth-order valence-corrected chi connectivity index (χ4v) is 4.62. The Kier molecular flexibility index (Phi) is 13.3. The summed E-state index contributed by atoms with van der Waals surface area (Å²) < 4.78 is 42.3. The van der Waals surface area contributed by atoms with Crippen LogP contribution in [0.2, 0.25) is 0 Å². The zero-order valence-corrected chi connectivity index (χ0v) is 24.3. The second-order valence-corrected chi connectivity index (χ2v) is 10.3. The van der Waals surface area contributed by atoms with Crippen LogP contribution in [-0.4, -0.2) is 88.3 Å². The van der Waals surface area contributed by atoms with E-state index in [1.807, 2.05) is 53.4 Å². The van der Waals surface area contributed by atoms with Gasteiger partial charge in [0.15, 0.2) is 0 Å². The summed E-state index contributed by atoms with van der Waals surface area (Å²) in [6.45, 7) is 5.93. The number of alkyl halides is 3. The number of carbonyl (C=O) groups excluding carboxylic acids is 2. The molecule has 2 N–H and O–H groups in total. The molecule has 0 aliphatic carbocycles.